The summed E-state index contributed by atoms with van der Waals surface area (Å²) in [5, 5.41) is 9.65. The van der Waals surface area contributed by atoms with Crippen molar-refractivity contribution in [1.29, 1.82) is 0 Å². The number of rotatable bonds is 4. The van der Waals surface area contributed by atoms with Crippen LogP contribution in [0.3, 0.4) is 0 Å². The number of hydrogen-bond acceptors (Lipinski definition) is 3. The fourth-order valence-electron chi connectivity index (χ4n) is 1.90. The molecule has 0 aliphatic rings. The van der Waals surface area contributed by atoms with Crippen LogP contribution in [0.15, 0.2) is 48.5 Å². The van der Waals surface area contributed by atoms with E-state index in [1.165, 1.54) is 24.3 Å². The van der Waals surface area contributed by atoms with E-state index in [-0.39, 0.29) is 18.1 Å². The van der Waals surface area contributed by atoms with Crippen molar-refractivity contribution in [2.75, 3.05) is 6.61 Å². The molecule has 1 atom stereocenters. The van der Waals surface area contributed by atoms with Gasteiger partial charge in [-0.2, -0.15) is 13.2 Å². The van der Waals surface area contributed by atoms with Gasteiger partial charge in [0.25, 0.3) is 0 Å². The molecule has 0 aliphatic carbocycles. The molecular formula is C15H14F3NO2. The molecule has 6 heteroatoms. The van der Waals surface area contributed by atoms with Gasteiger partial charge in [-0.1, -0.05) is 30.3 Å². The molecule has 21 heavy (non-hydrogen) atoms. The second kappa shape index (κ2) is 6.05. The molecule has 0 radical (unpaired) electrons. The van der Waals surface area contributed by atoms with E-state index in [9.17, 15) is 18.3 Å². The van der Waals surface area contributed by atoms with Gasteiger partial charge < -0.3 is 15.6 Å². The minimum atomic E-state index is -4.49. The molecule has 3 N–H and O–H groups in total. The van der Waals surface area contributed by atoms with E-state index in [1.54, 1.807) is 18.2 Å². The van der Waals surface area contributed by atoms with Gasteiger partial charge in [0, 0.05) is 5.56 Å². The molecule has 2 rings (SSSR count). The second-order valence-electron chi connectivity index (χ2n) is 4.47. The monoisotopic (exact) mass is 297 g/mol. The molecule has 0 heterocycles. The first-order valence-corrected chi connectivity index (χ1v) is 6.22. The maximum atomic E-state index is 12.8. The molecule has 3 nitrogen and oxygen atoms in total. The maximum absolute atomic E-state index is 12.8. The van der Waals surface area contributed by atoms with Crippen LogP contribution in [-0.4, -0.2) is 11.7 Å². The highest BCUT2D eigenvalue weighted by molar-refractivity contribution is 5.37. The van der Waals surface area contributed by atoms with Gasteiger partial charge in [-0.15, -0.1) is 0 Å². The number of hydrogen-bond donors (Lipinski definition) is 2. The summed E-state index contributed by atoms with van der Waals surface area (Å²) >= 11 is 0. The van der Waals surface area contributed by atoms with Crippen molar-refractivity contribution in [2.45, 2.75) is 12.2 Å². The van der Waals surface area contributed by atoms with E-state index in [2.05, 4.69) is 0 Å². The summed E-state index contributed by atoms with van der Waals surface area (Å²) in [6.45, 7) is -0.176. The zero-order valence-corrected chi connectivity index (χ0v) is 11.0. The number of phenolic OH excluding ortho intramolecular Hbond substituents is 1. The first-order chi connectivity index (χ1) is 9.89. The number of ether oxygens (including phenoxy) is 1. The van der Waals surface area contributed by atoms with E-state index in [1.807, 2.05) is 0 Å². The zero-order valence-electron chi connectivity index (χ0n) is 11.0. The number of phenols is 1. The highest BCUT2D eigenvalue weighted by atomic mass is 19.4. The zero-order chi connectivity index (χ0) is 15.5. The Kier molecular flexibility index (Phi) is 4.37. The topological polar surface area (TPSA) is 55.5 Å². The summed E-state index contributed by atoms with van der Waals surface area (Å²) in [4.78, 5) is 0. The van der Waals surface area contributed by atoms with Crippen LogP contribution in [0.5, 0.6) is 11.5 Å². The van der Waals surface area contributed by atoms with Crippen molar-refractivity contribution in [3.05, 3.63) is 59.7 Å². The molecule has 0 saturated carbocycles. The number of aromatic hydroxyl groups is 1. The van der Waals surface area contributed by atoms with Gasteiger partial charge in [0.1, 0.15) is 18.1 Å². The van der Waals surface area contributed by atoms with Gasteiger partial charge in [-0.05, 0) is 18.2 Å². The lowest BCUT2D eigenvalue weighted by Crippen LogP contribution is -2.20. The summed E-state index contributed by atoms with van der Waals surface area (Å²) < 4.78 is 43.6. The van der Waals surface area contributed by atoms with Gasteiger partial charge in [-0.3, -0.25) is 0 Å². The molecule has 2 aromatic carbocycles. The number of alkyl halides is 3. The molecule has 0 bridgehead atoms. The van der Waals surface area contributed by atoms with Gasteiger partial charge in [0.05, 0.1) is 11.6 Å². The highest BCUT2D eigenvalue weighted by Gasteiger charge is 2.34. The summed E-state index contributed by atoms with van der Waals surface area (Å²) in [7, 11) is 0. The average Bonchev–Trinajstić information content (AvgIpc) is 2.44. The lowest BCUT2D eigenvalue weighted by molar-refractivity contribution is -0.139. The molecule has 0 aromatic heterocycles. The molecule has 112 valence electrons. The third-order valence-corrected chi connectivity index (χ3v) is 2.95. The lowest BCUT2D eigenvalue weighted by atomic mass is 10.1. The van der Waals surface area contributed by atoms with Crippen LogP contribution in [0.1, 0.15) is 17.2 Å². The standard InChI is InChI=1S/C15H14F3NO2/c16-15(17,18)11-6-2-4-8-14(11)21-9-12(19)10-5-1-3-7-13(10)20/h1-8,12,20H,9,19H2. The molecular weight excluding hydrogens is 283 g/mol. The summed E-state index contributed by atoms with van der Waals surface area (Å²) in [5.74, 6) is -0.298. The maximum Gasteiger partial charge on any atom is 0.419 e. The fraction of sp³-hybridized carbons (Fsp3) is 0.200. The van der Waals surface area contributed by atoms with Crippen LogP contribution >= 0.6 is 0 Å². The predicted molar refractivity (Wildman–Crippen MR) is 72.0 cm³/mol. The molecule has 0 fully saturated rings. The van der Waals surface area contributed by atoms with Crippen molar-refractivity contribution < 1.29 is 23.0 Å². The summed E-state index contributed by atoms with van der Waals surface area (Å²) in [6.07, 6.45) is -4.49. The number of nitrogens with two attached hydrogens (primary N) is 1. The first kappa shape index (κ1) is 15.2. The molecule has 2 aromatic rings. The van der Waals surface area contributed by atoms with Crippen molar-refractivity contribution in [2.24, 2.45) is 5.73 Å². The number of para-hydroxylation sites is 2. The molecule has 0 amide bonds. The Balaban J connectivity index is 2.12. The van der Waals surface area contributed by atoms with Crippen molar-refractivity contribution in [3.63, 3.8) is 0 Å². The Labute approximate surface area is 119 Å². The normalized spacial score (nSPS) is 13.0. The van der Waals surface area contributed by atoms with E-state index in [0.717, 1.165) is 6.07 Å². The Morgan fingerprint density at radius 3 is 2.33 bits per heavy atom. The third-order valence-electron chi connectivity index (χ3n) is 2.95. The van der Waals surface area contributed by atoms with E-state index in [0.29, 0.717) is 5.56 Å². The summed E-state index contributed by atoms with van der Waals surface area (Å²) in [5.41, 5.74) is 5.40. The highest BCUT2D eigenvalue weighted by Crippen LogP contribution is 2.36. The van der Waals surface area contributed by atoms with E-state index < -0.39 is 17.8 Å². The van der Waals surface area contributed by atoms with Crippen molar-refractivity contribution in [3.8, 4) is 11.5 Å². The van der Waals surface area contributed by atoms with Gasteiger partial charge >= 0.3 is 6.18 Å². The van der Waals surface area contributed by atoms with E-state index in [4.69, 9.17) is 10.5 Å². The van der Waals surface area contributed by atoms with Crippen LogP contribution in [0.4, 0.5) is 13.2 Å². The predicted octanol–water partition coefficient (Wildman–Crippen LogP) is 3.49. The largest absolute Gasteiger partial charge is 0.508 e. The van der Waals surface area contributed by atoms with Crippen LogP contribution < -0.4 is 10.5 Å². The molecule has 1 unspecified atom stereocenters. The molecule has 0 saturated heterocycles. The Hall–Kier alpha value is -2.21. The summed E-state index contributed by atoms with van der Waals surface area (Å²) in [6, 6.07) is 10.6. The minimum Gasteiger partial charge on any atom is -0.508 e. The first-order valence-electron chi connectivity index (χ1n) is 6.22. The van der Waals surface area contributed by atoms with Crippen LogP contribution in [-0.2, 0) is 6.18 Å². The number of benzene rings is 2. The van der Waals surface area contributed by atoms with Crippen LogP contribution in [0, 0.1) is 0 Å². The lowest BCUT2D eigenvalue weighted by Gasteiger charge is -2.17. The average molecular weight is 297 g/mol. The Morgan fingerprint density at radius 2 is 1.67 bits per heavy atom. The van der Waals surface area contributed by atoms with Crippen LogP contribution in [0.25, 0.3) is 0 Å². The quantitative estimate of drug-likeness (QED) is 0.908. The Bertz CT molecular complexity index is 614. The second-order valence-corrected chi connectivity index (χ2v) is 4.47. The SMILES string of the molecule is NC(COc1ccccc1C(F)(F)F)c1ccccc1O. The third kappa shape index (κ3) is 3.66. The van der Waals surface area contributed by atoms with Gasteiger partial charge in [0.2, 0.25) is 0 Å². The fourth-order valence-corrected chi connectivity index (χ4v) is 1.90. The molecule has 0 aliphatic heterocycles. The van der Waals surface area contributed by atoms with Gasteiger partial charge in [0.15, 0.2) is 0 Å². The Morgan fingerprint density at radius 1 is 1.05 bits per heavy atom. The van der Waals surface area contributed by atoms with Gasteiger partial charge in [-0.25, -0.2) is 0 Å². The number of halogens is 3. The van der Waals surface area contributed by atoms with E-state index >= 15 is 0 Å². The van der Waals surface area contributed by atoms with Crippen molar-refractivity contribution in [1.82, 2.24) is 0 Å². The minimum absolute atomic E-state index is 0.0160. The van der Waals surface area contributed by atoms with Crippen LogP contribution in [0.2, 0.25) is 0 Å². The van der Waals surface area contributed by atoms with Crippen molar-refractivity contribution >= 4 is 0 Å². The molecule has 0 spiro atoms. The smallest absolute Gasteiger partial charge is 0.419 e.